The maximum Gasteiger partial charge on any atom is 0.416 e. The van der Waals surface area contributed by atoms with Gasteiger partial charge in [0.1, 0.15) is 5.01 Å². The smallest absolute Gasteiger partial charge is 0.416 e. The molecule has 43 heavy (non-hydrogen) atoms. The van der Waals surface area contributed by atoms with Gasteiger partial charge in [0.05, 0.1) is 24.7 Å². The van der Waals surface area contributed by atoms with Crippen LogP contribution >= 0.6 is 22.9 Å². The number of carbonyl (C=O) groups excluding carboxylic acids is 1. The molecule has 0 aliphatic carbocycles. The summed E-state index contributed by atoms with van der Waals surface area (Å²) < 4.78 is 77.4. The molecule has 1 N–H and O–H groups in total. The number of aromatic nitrogens is 2. The molecule has 1 amide bonds. The van der Waals surface area contributed by atoms with Crippen LogP contribution < -0.4 is 14.8 Å². The lowest BCUT2D eigenvalue weighted by Crippen LogP contribution is -2.35. The number of hydrogen-bond donors (Lipinski definition) is 1. The van der Waals surface area contributed by atoms with Crippen LogP contribution in [0.2, 0.25) is 5.02 Å². The first-order chi connectivity index (χ1) is 20.4. The fourth-order valence-electron chi connectivity index (χ4n) is 4.00. The first-order valence-electron chi connectivity index (χ1n) is 12.7. The van der Waals surface area contributed by atoms with Crippen molar-refractivity contribution < 1.29 is 35.9 Å². The highest BCUT2D eigenvalue weighted by Crippen LogP contribution is 2.33. The molecule has 0 radical (unpaired) electrons. The van der Waals surface area contributed by atoms with Crippen LogP contribution in [-0.2, 0) is 27.4 Å². The summed E-state index contributed by atoms with van der Waals surface area (Å²) in [6.07, 6.45) is -4.34. The molecule has 0 spiro atoms. The molecular formula is C28H26ClF3N4O5S2. The van der Waals surface area contributed by atoms with Crippen molar-refractivity contribution in [3.8, 4) is 22.1 Å². The number of alkyl halides is 3. The lowest BCUT2D eigenvalue weighted by Gasteiger charge is -2.22. The Morgan fingerprint density at radius 3 is 2.26 bits per heavy atom. The molecule has 0 aliphatic heterocycles. The van der Waals surface area contributed by atoms with Crippen molar-refractivity contribution >= 4 is 44.0 Å². The van der Waals surface area contributed by atoms with Crippen molar-refractivity contribution in [3.63, 3.8) is 0 Å². The van der Waals surface area contributed by atoms with E-state index in [-0.39, 0.29) is 29.5 Å². The van der Waals surface area contributed by atoms with Crippen LogP contribution in [-0.4, -0.2) is 56.1 Å². The standard InChI is InChI=1S/C28H26ClF3N4O5S2/c1-40-23-12-3-18(17-24(23)41-2)13-15-36(43(38,39)22-10-8-21(29)9-11-22)16-14-25(37)33-27-35-34-26(42-27)19-4-6-20(7-5-19)28(30,31)32/h3-12,17H,13-16H2,1-2H3,(H,33,35,37). The summed E-state index contributed by atoms with van der Waals surface area (Å²) >= 11 is 6.92. The second-order valence-electron chi connectivity index (χ2n) is 9.08. The highest BCUT2D eigenvalue weighted by atomic mass is 35.5. The van der Waals surface area contributed by atoms with Crippen molar-refractivity contribution in [1.29, 1.82) is 0 Å². The molecule has 3 aromatic carbocycles. The third-order valence-corrected chi connectivity index (χ3v) is 9.32. The van der Waals surface area contributed by atoms with Gasteiger partial charge in [-0.1, -0.05) is 41.1 Å². The molecule has 0 atom stereocenters. The van der Waals surface area contributed by atoms with E-state index in [1.807, 2.05) is 0 Å². The van der Waals surface area contributed by atoms with E-state index in [1.165, 1.54) is 54.9 Å². The Morgan fingerprint density at radius 2 is 1.63 bits per heavy atom. The van der Waals surface area contributed by atoms with E-state index in [9.17, 15) is 26.4 Å². The molecule has 15 heteroatoms. The summed E-state index contributed by atoms with van der Waals surface area (Å²) in [4.78, 5) is 12.8. The number of amides is 1. The first-order valence-corrected chi connectivity index (χ1v) is 15.3. The van der Waals surface area contributed by atoms with Crippen LogP contribution in [0, 0.1) is 0 Å². The van der Waals surface area contributed by atoms with Crippen LogP contribution in [0.4, 0.5) is 18.3 Å². The van der Waals surface area contributed by atoms with Crippen molar-refractivity contribution in [2.75, 3.05) is 32.6 Å². The fourth-order valence-corrected chi connectivity index (χ4v) is 6.33. The van der Waals surface area contributed by atoms with Crippen LogP contribution in [0.15, 0.2) is 71.6 Å². The lowest BCUT2D eigenvalue weighted by atomic mass is 10.1. The zero-order chi connectivity index (χ0) is 31.2. The Bertz CT molecular complexity index is 1670. The van der Waals surface area contributed by atoms with Crippen molar-refractivity contribution in [3.05, 3.63) is 82.9 Å². The van der Waals surface area contributed by atoms with Gasteiger partial charge >= 0.3 is 6.18 Å². The SMILES string of the molecule is COc1ccc(CCN(CCC(=O)Nc2nnc(-c3ccc(C(F)(F)F)cc3)s2)S(=O)(=O)c2ccc(Cl)cc2)cc1OC. The maximum atomic E-state index is 13.5. The van der Waals surface area contributed by atoms with Gasteiger partial charge in [-0.3, -0.25) is 4.79 Å². The van der Waals surface area contributed by atoms with Crippen molar-refractivity contribution in [1.82, 2.24) is 14.5 Å². The molecule has 9 nitrogen and oxygen atoms in total. The van der Waals surface area contributed by atoms with Crippen LogP contribution in [0.3, 0.4) is 0 Å². The normalized spacial score (nSPS) is 11.9. The number of sulfonamides is 1. The zero-order valence-electron chi connectivity index (χ0n) is 22.9. The van der Waals surface area contributed by atoms with Crippen LogP contribution in [0.5, 0.6) is 11.5 Å². The highest BCUT2D eigenvalue weighted by molar-refractivity contribution is 7.89. The first kappa shape index (κ1) is 32.2. The fraction of sp³-hybridized carbons (Fsp3) is 0.250. The topological polar surface area (TPSA) is 111 Å². The maximum absolute atomic E-state index is 13.5. The molecule has 0 aliphatic rings. The number of anilines is 1. The van der Waals surface area contributed by atoms with Gasteiger partial charge in [0.2, 0.25) is 21.1 Å². The Balaban J connectivity index is 1.45. The summed E-state index contributed by atoms with van der Waals surface area (Å²) in [6, 6.07) is 15.4. The molecule has 4 rings (SSSR count). The van der Waals surface area contributed by atoms with Gasteiger partial charge in [0.15, 0.2) is 11.5 Å². The van der Waals surface area contributed by atoms with Gasteiger partial charge < -0.3 is 14.8 Å². The van der Waals surface area contributed by atoms with Crippen molar-refractivity contribution in [2.45, 2.75) is 23.9 Å². The summed E-state index contributed by atoms with van der Waals surface area (Å²) in [7, 11) is -0.982. The Labute approximate surface area is 255 Å². The molecule has 0 unspecified atom stereocenters. The van der Waals surface area contributed by atoms with Gasteiger partial charge in [-0.15, -0.1) is 10.2 Å². The number of nitrogens with zero attached hydrogens (tertiary/aromatic N) is 3. The molecule has 0 saturated carbocycles. The van der Waals surface area contributed by atoms with Gasteiger partial charge in [0.25, 0.3) is 0 Å². The summed E-state index contributed by atoms with van der Waals surface area (Å²) in [6.45, 7) is -0.0841. The number of methoxy groups -OCH3 is 2. The molecule has 1 aromatic heterocycles. The van der Waals surface area contributed by atoms with E-state index in [0.29, 0.717) is 33.5 Å². The predicted octanol–water partition coefficient (Wildman–Crippen LogP) is 6.16. The van der Waals surface area contributed by atoms with Crippen molar-refractivity contribution in [2.24, 2.45) is 0 Å². The third-order valence-electron chi connectivity index (χ3n) is 6.27. The van der Waals surface area contributed by atoms with Gasteiger partial charge in [-0.25, -0.2) is 8.42 Å². The molecule has 228 valence electrons. The van der Waals surface area contributed by atoms with E-state index in [2.05, 4.69) is 15.5 Å². The van der Waals surface area contributed by atoms with E-state index < -0.39 is 27.7 Å². The van der Waals surface area contributed by atoms with Gasteiger partial charge in [-0.05, 0) is 60.5 Å². The van der Waals surface area contributed by atoms with E-state index in [4.69, 9.17) is 21.1 Å². The van der Waals surface area contributed by atoms with Crippen LogP contribution in [0.25, 0.3) is 10.6 Å². The number of ether oxygens (including phenoxy) is 2. The van der Waals surface area contributed by atoms with Gasteiger partial charge in [0, 0.05) is 30.1 Å². The molecule has 0 bridgehead atoms. The summed E-state index contributed by atoms with van der Waals surface area (Å²) in [5.41, 5.74) is 0.406. The number of hydrogen-bond acceptors (Lipinski definition) is 8. The molecule has 1 heterocycles. The summed E-state index contributed by atoms with van der Waals surface area (Å²) in [5, 5.41) is 11.2. The van der Waals surface area contributed by atoms with E-state index in [0.717, 1.165) is 29.0 Å². The largest absolute Gasteiger partial charge is 0.493 e. The third kappa shape index (κ3) is 8.22. The highest BCUT2D eigenvalue weighted by Gasteiger charge is 2.30. The quantitative estimate of drug-likeness (QED) is 0.195. The second kappa shape index (κ2) is 13.7. The van der Waals surface area contributed by atoms with E-state index >= 15 is 0 Å². The Hall–Kier alpha value is -3.72. The molecule has 4 aromatic rings. The second-order valence-corrected chi connectivity index (χ2v) is 12.4. The number of rotatable bonds is 12. The Kier molecular flexibility index (Phi) is 10.3. The monoisotopic (exact) mass is 654 g/mol. The molecule has 0 fully saturated rings. The minimum absolute atomic E-state index is 0.0231. The number of carbonyl (C=O) groups is 1. The Morgan fingerprint density at radius 1 is 0.953 bits per heavy atom. The van der Waals surface area contributed by atoms with E-state index in [1.54, 1.807) is 18.2 Å². The number of halogens is 4. The average molecular weight is 655 g/mol. The summed E-state index contributed by atoms with van der Waals surface area (Å²) in [5.74, 6) is 0.517. The predicted molar refractivity (Wildman–Crippen MR) is 157 cm³/mol. The van der Waals surface area contributed by atoms with Crippen LogP contribution in [0.1, 0.15) is 17.5 Å². The molecule has 0 saturated heterocycles. The number of benzene rings is 3. The minimum Gasteiger partial charge on any atom is -0.493 e. The molecular weight excluding hydrogens is 629 g/mol. The minimum atomic E-state index is -4.46. The zero-order valence-corrected chi connectivity index (χ0v) is 25.3. The number of nitrogens with one attached hydrogen (secondary N) is 1. The van der Waals surface area contributed by atoms with Gasteiger partial charge in [-0.2, -0.15) is 17.5 Å². The average Bonchev–Trinajstić information content (AvgIpc) is 3.45. The lowest BCUT2D eigenvalue weighted by molar-refractivity contribution is -0.137.